The van der Waals surface area contributed by atoms with Gasteiger partial charge in [0.05, 0.1) is 0 Å². The Labute approximate surface area is 145 Å². The van der Waals surface area contributed by atoms with E-state index in [1.54, 1.807) is 0 Å². The van der Waals surface area contributed by atoms with Gasteiger partial charge >= 0.3 is 0 Å². The van der Waals surface area contributed by atoms with Gasteiger partial charge < -0.3 is 9.84 Å². The monoisotopic (exact) mass is 347 g/mol. The minimum Gasteiger partial charge on any atom is -0.491 e. The maximum Gasteiger partial charge on any atom is 0.122 e. The van der Waals surface area contributed by atoms with Gasteiger partial charge in [-0.2, -0.15) is 0 Å². The summed E-state index contributed by atoms with van der Waals surface area (Å²) in [6, 6.07) is 6.63. The lowest BCUT2D eigenvalue weighted by Crippen LogP contribution is -2.48. The van der Waals surface area contributed by atoms with Gasteiger partial charge in [0.2, 0.25) is 0 Å². The Hall–Kier alpha value is -0.480. The van der Waals surface area contributed by atoms with Crippen molar-refractivity contribution in [1.29, 1.82) is 0 Å². The number of halogens is 2. The molecule has 2 rings (SSSR count). The summed E-state index contributed by atoms with van der Waals surface area (Å²) >= 11 is 5.93. The van der Waals surface area contributed by atoms with Crippen LogP contribution in [0, 0.1) is 6.92 Å². The van der Waals surface area contributed by atoms with Gasteiger partial charge in [-0.05, 0) is 57.4 Å². The fourth-order valence-electron chi connectivity index (χ4n) is 3.09. The molecule has 3 atom stereocenters. The molecule has 1 aliphatic rings. The molecule has 0 radical (unpaired) electrons. The van der Waals surface area contributed by atoms with Gasteiger partial charge in [0, 0.05) is 23.7 Å². The second kappa shape index (κ2) is 8.97. The van der Waals surface area contributed by atoms with Crippen LogP contribution in [0.4, 0.5) is 0 Å². The number of β-amino-alcohol motifs (C(OH)–C–C–N with tert-alkyl or cyclic N) is 1. The molecule has 22 heavy (non-hydrogen) atoms. The lowest BCUT2D eigenvalue weighted by molar-refractivity contribution is 0.0208. The first kappa shape index (κ1) is 19.6. The zero-order valence-electron chi connectivity index (χ0n) is 13.6. The van der Waals surface area contributed by atoms with Crippen LogP contribution in [0.2, 0.25) is 5.02 Å². The molecule has 0 aromatic heterocycles. The Kier molecular flexibility index (Phi) is 7.98. The van der Waals surface area contributed by atoms with E-state index in [1.165, 1.54) is 19.3 Å². The third kappa shape index (κ3) is 5.31. The number of piperidine rings is 1. The molecule has 0 amide bonds. The Morgan fingerprint density at radius 1 is 1.32 bits per heavy atom. The number of aliphatic hydroxyl groups is 1. The summed E-state index contributed by atoms with van der Waals surface area (Å²) in [7, 11) is 0. The Morgan fingerprint density at radius 3 is 2.55 bits per heavy atom. The Morgan fingerprint density at radius 2 is 1.95 bits per heavy atom. The van der Waals surface area contributed by atoms with Crippen LogP contribution >= 0.6 is 24.0 Å². The number of likely N-dealkylation sites (tertiary alicyclic amines) is 1. The number of aryl methyl sites for hydroxylation is 1. The van der Waals surface area contributed by atoms with Gasteiger partial charge in [-0.1, -0.05) is 18.0 Å². The van der Waals surface area contributed by atoms with Crippen LogP contribution in [0.25, 0.3) is 0 Å². The van der Waals surface area contributed by atoms with Crippen molar-refractivity contribution in [2.24, 2.45) is 0 Å². The predicted molar refractivity (Wildman–Crippen MR) is 94.4 cm³/mol. The van der Waals surface area contributed by atoms with Crippen molar-refractivity contribution >= 4 is 24.0 Å². The molecule has 1 aromatic carbocycles. The molecule has 1 heterocycles. The molecule has 0 spiro atoms. The summed E-state index contributed by atoms with van der Waals surface area (Å²) in [5.41, 5.74) is 0.995. The van der Waals surface area contributed by atoms with Crippen LogP contribution in [0.3, 0.4) is 0 Å². The van der Waals surface area contributed by atoms with E-state index in [4.69, 9.17) is 16.3 Å². The van der Waals surface area contributed by atoms with Gasteiger partial charge in [-0.25, -0.2) is 0 Å². The second-order valence-electron chi connectivity index (χ2n) is 6.20. The van der Waals surface area contributed by atoms with Crippen molar-refractivity contribution in [3.8, 4) is 5.75 Å². The van der Waals surface area contributed by atoms with Gasteiger partial charge in [0.15, 0.2) is 0 Å². The molecule has 0 bridgehead atoms. The highest BCUT2D eigenvalue weighted by atomic mass is 35.5. The average molecular weight is 348 g/mol. The fourth-order valence-corrected chi connectivity index (χ4v) is 3.32. The third-order valence-corrected chi connectivity index (χ3v) is 4.60. The van der Waals surface area contributed by atoms with Crippen molar-refractivity contribution < 1.29 is 9.84 Å². The van der Waals surface area contributed by atoms with E-state index in [0.717, 1.165) is 11.3 Å². The molecule has 1 N–H and O–H groups in total. The quantitative estimate of drug-likeness (QED) is 0.871. The summed E-state index contributed by atoms with van der Waals surface area (Å²) in [6.45, 7) is 7.44. The number of hydrogen-bond acceptors (Lipinski definition) is 3. The van der Waals surface area contributed by atoms with Crippen molar-refractivity contribution in [2.45, 2.75) is 58.2 Å². The number of aliphatic hydroxyl groups excluding tert-OH is 1. The van der Waals surface area contributed by atoms with E-state index < -0.39 is 6.10 Å². The molecular weight excluding hydrogens is 321 g/mol. The van der Waals surface area contributed by atoms with Crippen LogP contribution < -0.4 is 4.74 Å². The zero-order valence-corrected chi connectivity index (χ0v) is 15.2. The Bertz CT molecular complexity index is 460. The molecule has 3 unspecified atom stereocenters. The molecule has 1 saturated heterocycles. The van der Waals surface area contributed by atoms with Crippen molar-refractivity contribution in [1.82, 2.24) is 4.90 Å². The largest absolute Gasteiger partial charge is 0.491 e. The smallest absolute Gasteiger partial charge is 0.122 e. The maximum absolute atomic E-state index is 10.3. The van der Waals surface area contributed by atoms with Crippen molar-refractivity contribution in [3.05, 3.63) is 28.8 Å². The van der Waals surface area contributed by atoms with E-state index in [2.05, 4.69) is 18.7 Å². The number of ether oxygens (including phenoxy) is 1. The molecule has 1 aromatic rings. The SMILES string of the molecule is Cc1cc(Cl)ccc1OCC(O)CN1C(C)CCCC1C.Cl. The number of benzene rings is 1. The highest BCUT2D eigenvalue weighted by Crippen LogP contribution is 2.24. The minimum atomic E-state index is -0.469. The highest BCUT2D eigenvalue weighted by Gasteiger charge is 2.26. The number of rotatable bonds is 5. The van der Waals surface area contributed by atoms with Crippen molar-refractivity contribution in [2.75, 3.05) is 13.2 Å². The summed E-state index contributed by atoms with van der Waals surface area (Å²) in [5.74, 6) is 0.790. The van der Waals surface area contributed by atoms with Crippen LogP contribution in [0.1, 0.15) is 38.7 Å². The van der Waals surface area contributed by atoms with Crippen LogP contribution in [-0.2, 0) is 0 Å². The second-order valence-corrected chi connectivity index (χ2v) is 6.64. The van der Waals surface area contributed by atoms with Gasteiger partial charge in [0.25, 0.3) is 0 Å². The molecule has 1 aliphatic heterocycles. The molecule has 0 aliphatic carbocycles. The minimum absolute atomic E-state index is 0. The average Bonchev–Trinajstić information content (AvgIpc) is 2.42. The molecular formula is C17H27Cl2NO2. The molecule has 1 fully saturated rings. The summed E-state index contributed by atoms with van der Waals surface area (Å²) in [4.78, 5) is 2.40. The highest BCUT2D eigenvalue weighted by molar-refractivity contribution is 6.30. The van der Waals surface area contributed by atoms with E-state index in [1.807, 2.05) is 25.1 Å². The van der Waals surface area contributed by atoms with E-state index >= 15 is 0 Å². The normalized spacial score (nSPS) is 23.7. The van der Waals surface area contributed by atoms with Crippen LogP contribution in [-0.4, -0.2) is 41.3 Å². The number of hydrogen-bond donors (Lipinski definition) is 1. The van der Waals surface area contributed by atoms with E-state index in [9.17, 15) is 5.11 Å². The standard InChI is InChI=1S/C17H26ClNO2.ClH/c1-12-9-15(18)7-8-17(12)21-11-16(20)10-19-13(2)5-4-6-14(19)3;/h7-9,13-14,16,20H,4-6,10-11H2,1-3H3;1H. The molecule has 0 saturated carbocycles. The predicted octanol–water partition coefficient (Wildman–Crippen LogP) is 4.07. The third-order valence-electron chi connectivity index (χ3n) is 4.37. The maximum atomic E-state index is 10.3. The first-order valence-electron chi connectivity index (χ1n) is 7.80. The van der Waals surface area contributed by atoms with Crippen molar-refractivity contribution in [3.63, 3.8) is 0 Å². The summed E-state index contributed by atoms with van der Waals surface area (Å²) in [5, 5.41) is 11.0. The van der Waals surface area contributed by atoms with Gasteiger partial charge in [-0.3, -0.25) is 4.90 Å². The lowest BCUT2D eigenvalue weighted by atomic mass is 9.97. The summed E-state index contributed by atoms with van der Waals surface area (Å²) < 4.78 is 5.73. The van der Waals surface area contributed by atoms with Crippen LogP contribution in [0.15, 0.2) is 18.2 Å². The first-order chi connectivity index (χ1) is 9.97. The summed E-state index contributed by atoms with van der Waals surface area (Å²) in [6.07, 6.45) is 3.25. The topological polar surface area (TPSA) is 32.7 Å². The van der Waals surface area contributed by atoms with Gasteiger partial charge in [-0.15, -0.1) is 12.4 Å². The molecule has 5 heteroatoms. The number of nitrogens with zero attached hydrogens (tertiary/aromatic N) is 1. The van der Waals surface area contributed by atoms with Gasteiger partial charge in [0.1, 0.15) is 18.5 Å². The molecule has 126 valence electrons. The fraction of sp³-hybridized carbons (Fsp3) is 0.647. The lowest BCUT2D eigenvalue weighted by Gasteiger charge is -2.40. The first-order valence-corrected chi connectivity index (χ1v) is 8.18. The van der Waals surface area contributed by atoms with E-state index in [0.29, 0.717) is 30.3 Å². The zero-order chi connectivity index (χ0) is 15.4. The van der Waals surface area contributed by atoms with E-state index in [-0.39, 0.29) is 12.4 Å². The van der Waals surface area contributed by atoms with Crippen LogP contribution in [0.5, 0.6) is 5.75 Å². The Balaban J connectivity index is 0.00000242. The molecule has 3 nitrogen and oxygen atoms in total.